The summed E-state index contributed by atoms with van der Waals surface area (Å²) >= 11 is 0. The Kier molecular flexibility index (Phi) is 4.11. The fraction of sp³-hybridized carbons (Fsp3) is 0.462. The molecule has 6 atom stereocenters. The van der Waals surface area contributed by atoms with Gasteiger partial charge >= 0.3 is 0 Å². The van der Waals surface area contributed by atoms with E-state index in [0.29, 0.717) is 38.9 Å². The van der Waals surface area contributed by atoms with Crippen LogP contribution in [0.15, 0.2) is 60.7 Å². The van der Waals surface area contributed by atoms with Crippen LogP contribution in [-0.4, -0.2) is 47.7 Å². The van der Waals surface area contributed by atoms with Gasteiger partial charge in [0.25, 0.3) is 0 Å². The van der Waals surface area contributed by atoms with Crippen LogP contribution in [0.3, 0.4) is 0 Å². The van der Waals surface area contributed by atoms with Crippen molar-refractivity contribution in [1.82, 2.24) is 0 Å². The lowest BCUT2D eigenvalue weighted by atomic mass is 9.32. The SMILES string of the molecule is O=C1C(c2ccccc2)[C@H]2OCCC[C@@]12[C@@]1(c2ccccc2)C(=O)[C@]2(O)CCCO[C@@H]21. The van der Waals surface area contributed by atoms with Crippen LogP contribution in [0.2, 0.25) is 0 Å². The summed E-state index contributed by atoms with van der Waals surface area (Å²) < 4.78 is 12.4. The summed E-state index contributed by atoms with van der Waals surface area (Å²) in [5, 5.41) is 11.3. The quantitative estimate of drug-likeness (QED) is 0.830. The van der Waals surface area contributed by atoms with Crippen molar-refractivity contribution in [2.75, 3.05) is 13.2 Å². The molecule has 0 aromatic heterocycles. The van der Waals surface area contributed by atoms with Crippen molar-refractivity contribution >= 4 is 11.6 Å². The highest BCUT2D eigenvalue weighted by Gasteiger charge is 2.86. The normalized spacial score (nSPS) is 41.5. The number of hydrogen-bond acceptors (Lipinski definition) is 5. The molecule has 0 radical (unpaired) electrons. The van der Waals surface area contributed by atoms with E-state index in [1.807, 2.05) is 60.7 Å². The Morgan fingerprint density at radius 1 is 0.839 bits per heavy atom. The predicted octanol–water partition coefficient (Wildman–Crippen LogP) is 2.95. The molecular formula is C26H26O5. The summed E-state index contributed by atoms with van der Waals surface area (Å²) in [5.74, 6) is -0.629. The monoisotopic (exact) mass is 418 g/mol. The Hall–Kier alpha value is -2.34. The number of carbonyl (C=O) groups excluding carboxylic acids is 2. The van der Waals surface area contributed by atoms with Gasteiger partial charge in [0.05, 0.1) is 17.4 Å². The molecule has 5 nitrogen and oxygen atoms in total. The largest absolute Gasteiger partial charge is 0.379 e. The number of ketones is 2. The second-order valence-corrected chi connectivity index (χ2v) is 9.40. The molecule has 1 unspecified atom stereocenters. The number of ether oxygens (including phenoxy) is 2. The first-order valence-electron chi connectivity index (χ1n) is 11.2. The molecule has 6 rings (SSSR count). The third-order valence-electron chi connectivity index (χ3n) is 8.18. The molecule has 5 heteroatoms. The maximum absolute atomic E-state index is 14.1. The molecular weight excluding hydrogens is 392 g/mol. The third kappa shape index (κ3) is 2.12. The molecule has 2 aliphatic carbocycles. The molecule has 2 saturated carbocycles. The van der Waals surface area contributed by atoms with Gasteiger partial charge in [0.1, 0.15) is 11.5 Å². The van der Waals surface area contributed by atoms with Crippen LogP contribution >= 0.6 is 0 Å². The van der Waals surface area contributed by atoms with Gasteiger partial charge in [0.2, 0.25) is 0 Å². The van der Waals surface area contributed by atoms with Gasteiger partial charge in [-0.2, -0.15) is 0 Å². The van der Waals surface area contributed by atoms with Gasteiger partial charge in [-0.15, -0.1) is 0 Å². The number of rotatable bonds is 3. The van der Waals surface area contributed by atoms with Gasteiger partial charge in [-0.05, 0) is 36.8 Å². The molecule has 4 fully saturated rings. The van der Waals surface area contributed by atoms with E-state index in [-0.39, 0.29) is 11.6 Å². The number of hydrogen-bond donors (Lipinski definition) is 1. The summed E-state index contributed by atoms with van der Waals surface area (Å²) in [5.41, 5.74) is -2.07. The Labute approximate surface area is 181 Å². The average Bonchev–Trinajstić information content (AvgIpc) is 2.82. The standard InChI is InChI=1S/C26H26O5/c27-20-19(17-9-3-1-4-10-17)21-24(20,13-7-15-30-21)26(18-11-5-2-6-12-18)22(28)25(29)14-8-16-31-23(25)26/h1-6,9-12,19,21,23,29H,7-8,13-16H2/t19?,21-,23+,24-,25-,26+/m1/s1. The van der Waals surface area contributed by atoms with Crippen LogP contribution in [0.4, 0.5) is 0 Å². The van der Waals surface area contributed by atoms with Crippen molar-refractivity contribution < 1.29 is 24.2 Å². The second-order valence-electron chi connectivity index (χ2n) is 9.40. The molecule has 2 aromatic rings. The average molecular weight is 418 g/mol. The smallest absolute Gasteiger partial charge is 0.181 e. The highest BCUT2D eigenvalue weighted by molar-refractivity contribution is 6.14. The van der Waals surface area contributed by atoms with Crippen LogP contribution in [-0.2, 0) is 24.5 Å². The topological polar surface area (TPSA) is 72.8 Å². The van der Waals surface area contributed by atoms with Crippen molar-refractivity contribution in [3.05, 3.63) is 71.8 Å². The first-order valence-corrected chi connectivity index (χ1v) is 11.2. The zero-order valence-electron chi connectivity index (χ0n) is 17.3. The van der Waals surface area contributed by atoms with Crippen molar-refractivity contribution in [3.63, 3.8) is 0 Å². The molecule has 160 valence electrons. The van der Waals surface area contributed by atoms with Gasteiger partial charge < -0.3 is 14.6 Å². The minimum atomic E-state index is -1.52. The third-order valence-corrected chi connectivity index (χ3v) is 8.18. The maximum Gasteiger partial charge on any atom is 0.181 e. The lowest BCUT2D eigenvalue weighted by Crippen LogP contribution is -2.88. The first kappa shape index (κ1) is 19.4. The minimum Gasteiger partial charge on any atom is -0.379 e. The van der Waals surface area contributed by atoms with E-state index in [9.17, 15) is 14.7 Å². The van der Waals surface area contributed by atoms with Crippen molar-refractivity contribution in [2.45, 2.75) is 54.8 Å². The van der Waals surface area contributed by atoms with E-state index in [0.717, 1.165) is 11.1 Å². The molecule has 0 spiro atoms. The predicted molar refractivity (Wildman–Crippen MR) is 113 cm³/mol. The fourth-order valence-electron chi connectivity index (χ4n) is 7.00. The second kappa shape index (κ2) is 6.58. The first-order chi connectivity index (χ1) is 15.1. The highest BCUT2D eigenvalue weighted by Crippen LogP contribution is 2.71. The Balaban J connectivity index is 1.55. The molecule has 2 aromatic carbocycles. The van der Waals surface area contributed by atoms with Crippen LogP contribution in [0.5, 0.6) is 0 Å². The number of aliphatic hydroxyl groups is 1. The summed E-state index contributed by atoms with van der Waals surface area (Å²) in [6.45, 7) is 1.05. The maximum atomic E-state index is 14.1. The van der Waals surface area contributed by atoms with E-state index < -0.39 is 34.6 Å². The molecule has 2 aliphatic heterocycles. The summed E-state index contributed by atoms with van der Waals surface area (Å²) in [6.07, 6.45) is 1.15. The van der Waals surface area contributed by atoms with Gasteiger partial charge in [-0.25, -0.2) is 0 Å². The fourth-order valence-corrected chi connectivity index (χ4v) is 7.00. The molecule has 1 N–H and O–H groups in total. The van der Waals surface area contributed by atoms with E-state index in [1.54, 1.807) is 0 Å². The molecule has 0 amide bonds. The minimum absolute atomic E-state index is 0.0387. The van der Waals surface area contributed by atoms with Gasteiger partial charge in [0, 0.05) is 13.2 Å². The molecule has 2 heterocycles. The Morgan fingerprint density at radius 2 is 1.48 bits per heavy atom. The number of fused-ring (bicyclic) bond motifs is 2. The highest BCUT2D eigenvalue weighted by atomic mass is 16.5. The summed E-state index contributed by atoms with van der Waals surface area (Å²) in [7, 11) is 0. The lowest BCUT2D eigenvalue weighted by Gasteiger charge is -2.71. The molecule has 2 saturated heterocycles. The van der Waals surface area contributed by atoms with E-state index in [1.165, 1.54) is 0 Å². The number of benzene rings is 2. The summed E-state index contributed by atoms with van der Waals surface area (Å²) in [4.78, 5) is 28.1. The Bertz CT molecular complexity index is 1040. The van der Waals surface area contributed by atoms with Gasteiger partial charge in [-0.3, -0.25) is 9.59 Å². The Morgan fingerprint density at radius 3 is 2.23 bits per heavy atom. The zero-order chi connectivity index (χ0) is 21.3. The molecule has 0 bridgehead atoms. The van der Waals surface area contributed by atoms with Crippen molar-refractivity contribution in [1.29, 1.82) is 0 Å². The van der Waals surface area contributed by atoms with Crippen molar-refractivity contribution in [3.8, 4) is 0 Å². The van der Waals surface area contributed by atoms with Crippen LogP contribution < -0.4 is 0 Å². The number of carbonyl (C=O) groups is 2. The van der Waals surface area contributed by atoms with Crippen LogP contribution in [0.1, 0.15) is 42.7 Å². The van der Waals surface area contributed by atoms with Crippen LogP contribution in [0, 0.1) is 5.41 Å². The van der Waals surface area contributed by atoms with E-state index in [2.05, 4.69) is 0 Å². The lowest BCUT2D eigenvalue weighted by molar-refractivity contribution is -0.276. The zero-order valence-corrected chi connectivity index (χ0v) is 17.3. The van der Waals surface area contributed by atoms with E-state index >= 15 is 0 Å². The number of Topliss-reactive ketones (excluding diaryl/α,β-unsaturated/α-hetero) is 2. The van der Waals surface area contributed by atoms with Gasteiger partial charge in [0.15, 0.2) is 17.2 Å². The van der Waals surface area contributed by atoms with Gasteiger partial charge in [-0.1, -0.05) is 60.7 Å². The molecule has 31 heavy (non-hydrogen) atoms. The summed E-state index contributed by atoms with van der Waals surface area (Å²) in [6, 6.07) is 19.2. The molecule has 4 aliphatic rings. The van der Waals surface area contributed by atoms with Crippen LogP contribution in [0.25, 0.3) is 0 Å². The van der Waals surface area contributed by atoms with Crippen molar-refractivity contribution in [2.24, 2.45) is 5.41 Å². The van der Waals surface area contributed by atoms with E-state index in [4.69, 9.17) is 9.47 Å².